The molecule has 2 saturated carbocycles. The number of fused-ring (bicyclic) bond motifs is 10. The molecule has 4 aliphatic heterocycles. The molecule has 12 rings (SSSR count). The highest BCUT2D eigenvalue weighted by Crippen LogP contribution is 2.66. The van der Waals surface area contributed by atoms with Crippen LogP contribution in [0, 0.1) is 0 Å². The topological polar surface area (TPSA) is 9.72 Å². The molecule has 0 radical (unpaired) electrons. The zero-order valence-corrected chi connectivity index (χ0v) is 47.0. The quantitative estimate of drug-likeness (QED) is 0.163. The molecule has 366 valence electrons. The molecule has 5 heteroatoms. The summed E-state index contributed by atoms with van der Waals surface area (Å²) in [6.45, 7) is 37.2. The highest BCUT2D eigenvalue weighted by Gasteiger charge is 2.64. The van der Waals surface area contributed by atoms with Gasteiger partial charge in [0.2, 0.25) is 0 Å². The van der Waals surface area contributed by atoms with Gasteiger partial charge in [0.05, 0.1) is 19.2 Å². The Hall–Kier alpha value is -5.00. The first kappa shape index (κ1) is 47.0. The lowest BCUT2D eigenvalue weighted by Gasteiger charge is -2.54. The summed E-state index contributed by atoms with van der Waals surface area (Å²) in [4.78, 5) is 8.58. The van der Waals surface area contributed by atoms with Gasteiger partial charge in [0.15, 0.2) is 0 Å². The van der Waals surface area contributed by atoms with Crippen LogP contribution < -0.4 is 36.3 Å². The van der Waals surface area contributed by atoms with E-state index in [-0.39, 0.29) is 44.9 Å². The number of anilines is 7. The summed E-state index contributed by atoms with van der Waals surface area (Å²) >= 11 is 0. The van der Waals surface area contributed by atoms with Crippen molar-refractivity contribution >= 4 is 76.2 Å². The molecule has 0 bridgehead atoms. The monoisotopic (exact) mass is 954 g/mol. The fourth-order valence-corrected chi connectivity index (χ4v) is 16.5. The summed E-state index contributed by atoms with van der Waals surface area (Å²) in [6.07, 6.45) is 9.65. The number of nitrogens with zero attached hydrogens (tertiary/aromatic N) is 3. The first-order valence-electron chi connectivity index (χ1n) is 27.6. The summed E-state index contributed by atoms with van der Waals surface area (Å²) in [5.41, 5.74) is 22.4. The molecule has 4 heterocycles. The van der Waals surface area contributed by atoms with Crippen molar-refractivity contribution in [2.24, 2.45) is 0 Å². The Morgan fingerprint density at radius 3 is 1.70 bits per heavy atom. The summed E-state index contributed by atoms with van der Waals surface area (Å²) in [6, 6.07) is 47.5. The predicted molar refractivity (Wildman–Crippen MR) is 310 cm³/mol. The lowest BCUT2D eigenvalue weighted by molar-refractivity contribution is 0.195. The van der Waals surface area contributed by atoms with Gasteiger partial charge in [-0.05, 0) is 142 Å². The maximum absolute atomic E-state index is 2.98. The Labute approximate surface area is 429 Å². The fraction of sp³-hybridized carbons (Fsp3) is 0.455. The summed E-state index contributed by atoms with van der Waals surface area (Å²) in [5.74, 6) is 0. The van der Waals surface area contributed by atoms with Crippen molar-refractivity contribution in [3.8, 4) is 0 Å². The lowest BCUT2D eigenvalue weighted by Crippen LogP contribution is -2.65. The normalized spacial score (nSPS) is 25.3. The van der Waals surface area contributed by atoms with E-state index < -0.39 is 8.07 Å². The van der Waals surface area contributed by atoms with Crippen LogP contribution in [0.3, 0.4) is 0 Å². The van der Waals surface area contributed by atoms with Crippen LogP contribution in [0.25, 0.3) is 0 Å². The van der Waals surface area contributed by atoms with E-state index in [1.165, 1.54) is 123 Å². The van der Waals surface area contributed by atoms with Crippen molar-refractivity contribution in [2.75, 3.05) is 14.7 Å². The van der Waals surface area contributed by atoms with Gasteiger partial charge >= 0.3 is 0 Å². The standard InChI is InChI=1S/C66H80BN3Si/c1-60(2,3)43-25-29-47(30-26-43)68-55-32-28-46(62(7,8)9)38-52(55)67-53-42-49(71(13,14)15)41-51-59(53)70(64(11)34-20-19-33-63(51,64)10)57-40-48(39-56(68)58(57)67)69-54-31-27-45(61(4,5)6)37-50(54)66(44-23-17-16-18-24-44)36-22-21-35-65(66,69)12/h16-18,23-32,37-42H,19-22,33-36H2,1-15H3. The van der Waals surface area contributed by atoms with Crippen LogP contribution in [0.4, 0.5) is 39.8 Å². The van der Waals surface area contributed by atoms with Crippen molar-refractivity contribution in [3.63, 3.8) is 0 Å². The van der Waals surface area contributed by atoms with Gasteiger partial charge in [-0.1, -0.05) is 199 Å². The predicted octanol–water partition coefficient (Wildman–Crippen LogP) is 15.2. The van der Waals surface area contributed by atoms with E-state index in [0.29, 0.717) is 0 Å². The maximum atomic E-state index is 2.98. The highest BCUT2D eigenvalue weighted by atomic mass is 28.3. The minimum absolute atomic E-state index is 0.00338. The van der Waals surface area contributed by atoms with Gasteiger partial charge in [-0.25, -0.2) is 0 Å². The molecule has 0 N–H and O–H groups in total. The third kappa shape index (κ3) is 6.39. The average Bonchev–Trinajstić information content (AvgIpc) is 3.68. The van der Waals surface area contributed by atoms with Gasteiger partial charge in [-0.2, -0.15) is 0 Å². The minimum atomic E-state index is -1.76. The van der Waals surface area contributed by atoms with Crippen molar-refractivity contribution in [1.29, 1.82) is 0 Å². The Morgan fingerprint density at radius 2 is 1.06 bits per heavy atom. The number of hydrogen-bond donors (Lipinski definition) is 0. The van der Waals surface area contributed by atoms with Crippen LogP contribution in [0.1, 0.15) is 168 Å². The van der Waals surface area contributed by atoms with Crippen LogP contribution in [-0.4, -0.2) is 25.9 Å². The van der Waals surface area contributed by atoms with Crippen LogP contribution in [0.15, 0.2) is 115 Å². The second-order valence-corrected chi connectivity index (χ2v) is 33.0. The highest BCUT2D eigenvalue weighted by molar-refractivity contribution is 7.01. The molecule has 0 amide bonds. The zero-order chi connectivity index (χ0) is 50.2. The van der Waals surface area contributed by atoms with Crippen molar-refractivity contribution in [1.82, 2.24) is 0 Å². The minimum Gasteiger partial charge on any atom is -0.335 e. The average molecular weight is 954 g/mol. The van der Waals surface area contributed by atoms with Crippen LogP contribution in [-0.2, 0) is 27.1 Å². The maximum Gasteiger partial charge on any atom is 0.252 e. The van der Waals surface area contributed by atoms with E-state index in [0.717, 1.165) is 12.8 Å². The van der Waals surface area contributed by atoms with Gasteiger partial charge in [0.25, 0.3) is 6.71 Å². The summed E-state index contributed by atoms with van der Waals surface area (Å²) in [5, 5.41) is 1.60. The molecule has 0 aromatic heterocycles. The molecule has 2 fully saturated rings. The van der Waals surface area contributed by atoms with Gasteiger partial charge in [0.1, 0.15) is 0 Å². The van der Waals surface area contributed by atoms with E-state index in [1.54, 1.807) is 10.8 Å². The largest absolute Gasteiger partial charge is 0.335 e. The van der Waals surface area contributed by atoms with E-state index in [2.05, 4.69) is 233 Å². The second-order valence-electron chi connectivity index (χ2n) is 27.9. The molecule has 6 aliphatic rings. The Kier molecular flexibility index (Phi) is 9.97. The second kappa shape index (κ2) is 15.1. The van der Waals surface area contributed by atoms with Gasteiger partial charge in [-0.15, -0.1) is 0 Å². The smallest absolute Gasteiger partial charge is 0.252 e. The van der Waals surface area contributed by atoms with Crippen molar-refractivity contribution < 1.29 is 0 Å². The molecular formula is C66H80BN3Si. The third-order valence-electron chi connectivity index (χ3n) is 19.7. The van der Waals surface area contributed by atoms with Crippen LogP contribution >= 0.6 is 0 Å². The molecular weight excluding hydrogens is 874 g/mol. The Balaban J connectivity index is 1.22. The van der Waals surface area contributed by atoms with E-state index in [4.69, 9.17) is 0 Å². The third-order valence-corrected chi connectivity index (χ3v) is 21.7. The molecule has 4 unspecified atom stereocenters. The van der Waals surface area contributed by atoms with E-state index in [9.17, 15) is 0 Å². The van der Waals surface area contributed by atoms with Crippen molar-refractivity contribution in [3.05, 3.63) is 149 Å². The van der Waals surface area contributed by atoms with Gasteiger partial charge in [0, 0.05) is 50.6 Å². The number of rotatable bonds is 4. The van der Waals surface area contributed by atoms with Gasteiger partial charge in [-0.3, -0.25) is 0 Å². The number of benzene rings is 6. The molecule has 3 nitrogen and oxygen atoms in total. The molecule has 71 heavy (non-hydrogen) atoms. The van der Waals surface area contributed by atoms with Crippen molar-refractivity contribution in [2.45, 2.75) is 192 Å². The molecule has 6 aromatic carbocycles. The van der Waals surface area contributed by atoms with E-state index in [1.807, 2.05) is 0 Å². The van der Waals surface area contributed by atoms with E-state index >= 15 is 0 Å². The molecule has 2 aliphatic carbocycles. The first-order chi connectivity index (χ1) is 33.3. The fourth-order valence-electron chi connectivity index (χ4n) is 15.4. The zero-order valence-electron chi connectivity index (χ0n) is 46.0. The first-order valence-corrected chi connectivity index (χ1v) is 31.1. The Morgan fingerprint density at radius 1 is 0.479 bits per heavy atom. The van der Waals surface area contributed by atoms with Crippen LogP contribution in [0.5, 0.6) is 0 Å². The summed E-state index contributed by atoms with van der Waals surface area (Å²) < 4.78 is 0. The molecule has 0 saturated heterocycles. The molecule has 4 atom stereocenters. The molecule has 6 aromatic rings. The van der Waals surface area contributed by atoms with Gasteiger partial charge < -0.3 is 14.7 Å². The molecule has 0 spiro atoms. The summed E-state index contributed by atoms with van der Waals surface area (Å²) in [7, 11) is -1.76. The number of hydrogen-bond acceptors (Lipinski definition) is 3. The van der Waals surface area contributed by atoms with Crippen LogP contribution in [0.2, 0.25) is 19.6 Å². The SMILES string of the molecule is CC(C)(C)c1ccc(N2c3ccc(C(C)(C)C)cc3B3c4cc([Si](C)(C)C)cc5c4N(c4cc(N6c7ccc(C(C)(C)C)cc7C7(c8ccccc8)CCCCC67C)cc2c43)C2(C)CCCCC52C)cc1. The Bertz CT molecular complexity index is 3160. The lowest BCUT2D eigenvalue weighted by atomic mass is 9.33.